The standard InChI is InChI=1S/C16H16N2O5S/c1-23-16(20)11-2-6-13(7-3-11)24(21,22)14-8-4-12(5-9-14)18-15(19)10-17/h2-9H,10,17H2,1H3,(H,18,19). The molecule has 0 aromatic heterocycles. The number of sulfone groups is 1. The van der Waals surface area contributed by atoms with Crippen LogP contribution in [-0.4, -0.2) is 33.9 Å². The molecular weight excluding hydrogens is 332 g/mol. The second-order valence-electron chi connectivity index (χ2n) is 4.80. The van der Waals surface area contributed by atoms with E-state index in [1.807, 2.05) is 0 Å². The third-order valence-electron chi connectivity index (χ3n) is 3.22. The minimum atomic E-state index is -3.73. The van der Waals surface area contributed by atoms with Gasteiger partial charge in [-0.2, -0.15) is 0 Å². The van der Waals surface area contributed by atoms with E-state index < -0.39 is 15.8 Å². The summed E-state index contributed by atoms with van der Waals surface area (Å²) in [6.07, 6.45) is 0. The van der Waals surface area contributed by atoms with Crippen molar-refractivity contribution in [2.75, 3.05) is 19.0 Å². The van der Waals surface area contributed by atoms with E-state index in [-0.39, 0.29) is 27.8 Å². The Kier molecular flexibility index (Phi) is 5.32. The highest BCUT2D eigenvalue weighted by Gasteiger charge is 2.18. The number of anilines is 1. The van der Waals surface area contributed by atoms with Gasteiger partial charge in [-0.1, -0.05) is 0 Å². The SMILES string of the molecule is COC(=O)c1ccc(S(=O)(=O)c2ccc(NC(=O)CN)cc2)cc1. The highest BCUT2D eigenvalue weighted by atomic mass is 32.2. The molecule has 0 unspecified atom stereocenters. The maximum absolute atomic E-state index is 12.6. The van der Waals surface area contributed by atoms with Crippen molar-refractivity contribution in [1.29, 1.82) is 0 Å². The van der Waals surface area contributed by atoms with Crippen LogP contribution in [0.1, 0.15) is 10.4 Å². The van der Waals surface area contributed by atoms with Crippen LogP contribution in [0.5, 0.6) is 0 Å². The number of rotatable bonds is 5. The molecule has 0 atom stereocenters. The number of benzene rings is 2. The van der Waals surface area contributed by atoms with E-state index in [1.165, 1.54) is 55.6 Å². The lowest BCUT2D eigenvalue weighted by Crippen LogP contribution is -2.21. The molecule has 0 radical (unpaired) electrons. The van der Waals surface area contributed by atoms with Crippen molar-refractivity contribution in [2.24, 2.45) is 5.73 Å². The Balaban J connectivity index is 2.26. The summed E-state index contributed by atoms with van der Waals surface area (Å²) < 4.78 is 29.7. The summed E-state index contributed by atoms with van der Waals surface area (Å²) in [6.45, 7) is -0.160. The molecule has 0 saturated heterocycles. The van der Waals surface area contributed by atoms with Crippen molar-refractivity contribution in [3.8, 4) is 0 Å². The molecule has 0 aliphatic rings. The van der Waals surface area contributed by atoms with Crippen LogP contribution in [0.4, 0.5) is 5.69 Å². The predicted molar refractivity (Wildman–Crippen MR) is 87.4 cm³/mol. The molecule has 0 aliphatic heterocycles. The minimum absolute atomic E-state index is 0.0499. The van der Waals surface area contributed by atoms with Crippen LogP contribution in [0.25, 0.3) is 0 Å². The summed E-state index contributed by atoms with van der Waals surface area (Å²) in [5, 5.41) is 2.53. The summed E-state index contributed by atoms with van der Waals surface area (Å²) >= 11 is 0. The molecule has 24 heavy (non-hydrogen) atoms. The van der Waals surface area contributed by atoms with Crippen LogP contribution in [0.3, 0.4) is 0 Å². The van der Waals surface area contributed by atoms with Crippen LogP contribution in [0, 0.1) is 0 Å². The number of methoxy groups -OCH3 is 1. The smallest absolute Gasteiger partial charge is 0.337 e. The fraction of sp³-hybridized carbons (Fsp3) is 0.125. The first-order valence-electron chi connectivity index (χ1n) is 6.92. The molecule has 7 nitrogen and oxygen atoms in total. The maximum Gasteiger partial charge on any atom is 0.337 e. The van der Waals surface area contributed by atoms with Crippen LogP contribution in [0.15, 0.2) is 58.3 Å². The summed E-state index contributed by atoms with van der Waals surface area (Å²) in [5.41, 5.74) is 5.91. The van der Waals surface area contributed by atoms with Crippen LogP contribution in [-0.2, 0) is 19.4 Å². The van der Waals surface area contributed by atoms with Gasteiger partial charge >= 0.3 is 5.97 Å². The van der Waals surface area contributed by atoms with Gasteiger partial charge in [-0.3, -0.25) is 4.79 Å². The zero-order chi connectivity index (χ0) is 17.7. The lowest BCUT2D eigenvalue weighted by Gasteiger charge is -2.07. The first-order valence-corrected chi connectivity index (χ1v) is 8.40. The van der Waals surface area contributed by atoms with Gasteiger partial charge in [0.15, 0.2) is 0 Å². The van der Waals surface area contributed by atoms with Crippen molar-refractivity contribution < 1.29 is 22.7 Å². The fourth-order valence-corrected chi connectivity index (χ4v) is 3.21. The number of ether oxygens (including phenoxy) is 1. The highest BCUT2D eigenvalue weighted by Crippen LogP contribution is 2.23. The molecule has 2 aromatic carbocycles. The van der Waals surface area contributed by atoms with Gasteiger partial charge in [-0.25, -0.2) is 13.2 Å². The van der Waals surface area contributed by atoms with Gasteiger partial charge in [-0.05, 0) is 48.5 Å². The molecule has 0 heterocycles. The summed E-state index contributed by atoms with van der Waals surface area (Å²) in [4.78, 5) is 22.7. The Morgan fingerprint density at radius 2 is 1.50 bits per heavy atom. The number of nitrogens with one attached hydrogen (secondary N) is 1. The van der Waals surface area contributed by atoms with E-state index in [0.717, 1.165) is 0 Å². The minimum Gasteiger partial charge on any atom is -0.465 e. The van der Waals surface area contributed by atoms with Crippen molar-refractivity contribution in [2.45, 2.75) is 9.79 Å². The number of esters is 1. The second-order valence-corrected chi connectivity index (χ2v) is 6.75. The van der Waals surface area contributed by atoms with Gasteiger partial charge in [-0.15, -0.1) is 0 Å². The first kappa shape index (κ1) is 17.6. The molecule has 0 spiro atoms. The molecular formula is C16H16N2O5S. The normalized spacial score (nSPS) is 10.9. The number of hydrogen-bond donors (Lipinski definition) is 2. The van der Waals surface area contributed by atoms with Gasteiger partial charge in [0.1, 0.15) is 0 Å². The number of hydrogen-bond acceptors (Lipinski definition) is 6. The number of carbonyl (C=O) groups is 2. The van der Waals surface area contributed by atoms with Crippen molar-refractivity contribution in [3.63, 3.8) is 0 Å². The summed E-state index contributed by atoms with van der Waals surface area (Å²) in [7, 11) is -2.48. The number of amides is 1. The molecule has 2 aromatic rings. The van der Waals surface area contributed by atoms with Crippen LogP contribution >= 0.6 is 0 Å². The Morgan fingerprint density at radius 1 is 1.00 bits per heavy atom. The molecule has 126 valence electrons. The fourth-order valence-electron chi connectivity index (χ4n) is 1.95. The monoisotopic (exact) mass is 348 g/mol. The third kappa shape index (κ3) is 3.79. The van der Waals surface area contributed by atoms with E-state index in [9.17, 15) is 18.0 Å². The Hall–Kier alpha value is -2.71. The van der Waals surface area contributed by atoms with Crippen molar-refractivity contribution in [3.05, 3.63) is 54.1 Å². The predicted octanol–water partition coefficient (Wildman–Crippen LogP) is 1.20. The van der Waals surface area contributed by atoms with E-state index in [2.05, 4.69) is 10.1 Å². The average Bonchev–Trinajstić information content (AvgIpc) is 2.61. The Morgan fingerprint density at radius 3 is 1.96 bits per heavy atom. The molecule has 2 rings (SSSR count). The summed E-state index contributed by atoms with van der Waals surface area (Å²) in [6, 6.07) is 11.2. The van der Waals surface area contributed by atoms with Gasteiger partial charge in [0, 0.05) is 5.69 Å². The molecule has 0 bridgehead atoms. The van der Waals surface area contributed by atoms with E-state index >= 15 is 0 Å². The topological polar surface area (TPSA) is 116 Å². The maximum atomic E-state index is 12.6. The largest absolute Gasteiger partial charge is 0.465 e. The van der Waals surface area contributed by atoms with E-state index in [1.54, 1.807) is 0 Å². The molecule has 1 amide bonds. The van der Waals surface area contributed by atoms with Crippen molar-refractivity contribution in [1.82, 2.24) is 0 Å². The quantitative estimate of drug-likeness (QED) is 0.785. The number of nitrogens with two attached hydrogens (primary N) is 1. The second kappa shape index (κ2) is 7.24. The van der Waals surface area contributed by atoms with Gasteiger partial charge in [0.25, 0.3) is 0 Å². The Labute approximate surface area is 139 Å². The molecule has 0 saturated carbocycles. The van der Waals surface area contributed by atoms with Crippen LogP contribution in [0.2, 0.25) is 0 Å². The third-order valence-corrected chi connectivity index (χ3v) is 5.01. The average molecular weight is 348 g/mol. The molecule has 8 heteroatoms. The lowest BCUT2D eigenvalue weighted by atomic mass is 10.2. The molecule has 0 aliphatic carbocycles. The summed E-state index contributed by atoms with van der Waals surface area (Å²) in [5.74, 6) is -0.914. The Bertz CT molecular complexity index is 843. The zero-order valence-corrected chi connectivity index (χ0v) is 13.7. The van der Waals surface area contributed by atoms with E-state index in [4.69, 9.17) is 5.73 Å². The first-order chi connectivity index (χ1) is 11.4. The van der Waals surface area contributed by atoms with Crippen LogP contribution < -0.4 is 11.1 Å². The zero-order valence-electron chi connectivity index (χ0n) is 12.9. The van der Waals surface area contributed by atoms with E-state index in [0.29, 0.717) is 5.69 Å². The lowest BCUT2D eigenvalue weighted by molar-refractivity contribution is -0.114. The number of carbonyl (C=O) groups excluding carboxylic acids is 2. The van der Waals surface area contributed by atoms with Gasteiger partial charge < -0.3 is 15.8 Å². The van der Waals surface area contributed by atoms with Gasteiger partial charge in [0.05, 0.1) is 29.0 Å². The highest BCUT2D eigenvalue weighted by molar-refractivity contribution is 7.91. The van der Waals surface area contributed by atoms with Crippen molar-refractivity contribution >= 4 is 27.4 Å². The van der Waals surface area contributed by atoms with Gasteiger partial charge in [0.2, 0.25) is 15.7 Å². The molecule has 3 N–H and O–H groups in total. The molecule has 0 fully saturated rings.